The lowest BCUT2D eigenvalue weighted by Gasteiger charge is -2.56. The number of hydrogen-bond donors (Lipinski definition) is 4. The first kappa shape index (κ1) is 23.6. The number of hydrogen-bond acceptors (Lipinski definition) is 3. The van der Waals surface area contributed by atoms with E-state index < -0.39 is 6.04 Å². The van der Waals surface area contributed by atoms with E-state index in [0.29, 0.717) is 24.8 Å². The van der Waals surface area contributed by atoms with Gasteiger partial charge in [0.1, 0.15) is 6.04 Å². The molecule has 180 valence electrons. The van der Waals surface area contributed by atoms with E-state index in [9.17, 15) is 9.59 Å². The molecule has 0 aliphatic heterocycles. The van der Waals surface area contributed by atoms with Crippen LogP contribution in [0.4, 0.5) is 0 Å². The quantitative estimate of drug-likeness (QED) is 0.331. The smallest absolute Gasteiger partial charge is 0.242 e. The lowest BCUT2D eigenvalue weighted by molar-refractivity contribution is -0.128. The lowest BCUT2D eigenvalue weighted by Crippen LogP contribution is -2.53. The summed E-state index contributed by atoms with van der Waals surface area (Å²) >= 11 is 0. The highest BCUT2D eigenvalue weighted by Gasteiger charge is 2.51. The molecule has 6 nitrogen and oxygen atoms in total. The SMILES string of the molecule is CC(C)CNC(=O)[C@@H](CC1CCCCC1)NC(=N)NC(=O)C[C@]12C[C@H]3C[C@H](C[C@H](C3)C1)C2. The Bertz CT molecular complexity index is 663. The average Bonchev–Trinajstić information content (AvgIpc) is 2.70. The summed E-state index contributed by atoms with van der Waals surface area (Å²) in [7, 11) is 0. The maximum Gasteiger partial charge on any atom is 0.242 e. The molecule has 0 aromatic heterocycles. The predicted octanol–water partition coefficient (Wildman–Crippen LogP) is 4.34. The number of guanidine groups is 1. The predicted molar refractivity (Wildman–Crippen MR) is 127 cm³/mol. The van der Waals surface area contributed by atoms with Gasteiger partial charge >= 0.3 is 0 Å². The highest BCUT2D eigenvalue weighted by Crippen LogP contribution is 2.61. The Kier molecular flexibility index (Phi) is 7.46. The molecule has 6 heteroatoms. The molecular weight excluding hydrogens is 400 g/mol. The third-order valence-corrected chi connectivity index (χ3v) is 8.58. The summed E-state index contributed by atoms with van der Waals surface area (Å²) in [6.07, 6.45) is 15.0. The second-order valence-electron chi connectivity index (χ2n) is 12.1. The zero-order valence-electron chi connectivity index (χ0n) is 20.2. The fourth-order valence-electron chi connectivity index (χ4n) is 7.66. The lowest BCUT2D eigenvalue weighted by atomic mass is 9.49. The minimum absolute atomic E-state index is 0.0137. The van der Waals surface area contributed by atoms with Crippen LogP contribution < -0.4 is 16.0 Å². The number of nitrogens with one attached hydrogen (secondary N) is 4. The topological polar surface area (TPSA) is 94.1 Å². The Labute approximate surface area is 193 Å². The van der Waals surface area contributed by atoms with Crippen molar-refractivity contribution in [2.45, 2.75) is 103 Å². The molecule has 0 heterocycles. The van der Waals surface area contributed by atoms with E-state index in [-0.39, 0.29) is 23.2 Å². The first-order chi connectivity index (χ1) is 15.3. The molecule has 0 spiro atoms. The number of amides is 2. The van der Waals surface area contributed by atoms with Crippen molar-refractivity contribution >= 4 is 17.8 Å². The van der Waals surface area contributed by atoms with Gasteiger partial charge in [-0.15, -0.1) is 0 Å². The molecule has 2 amide bonds. The standard InChI is InChI=1S/C26H44N4O2/c1-17(2)16-28-24(32)22(11-18-6-4-3-5-7-18)29-25(27)30-23(31)15-26-12-19-8-20(13-26)10-21(9-19)14-26/h17-22H,3-16H2,1-2H3,(H,28,32)(H3,27,29,30,31)/t19-,20+,21-,22-,26-/m1/s1. The van der Waals surface area contributed by atoms with Gasteiger partial charge in [-0.2, -0.15) is 0 Å². The van der Waals surface area contributed by atoms with Crippen molar-refractivity contribution in [2.24, 2.45) is 35.0 Å². The van der Waals surface area contributed by atoms with Gasteiger partial charge in [-0.1, -0.05) is 46.0 Å². The largest absolute Gasteiger partial charge is 0.354 e. The van der Waals surface area contributed by atoms with Gasteiger partial charge in [-0.3, -0.25) is 20.3 Å². The number of rotatable bonds is 8. The van der Waals surface area contributed by atoms with Gasteiger partial charge in [-0.05, 0) is 80.0 Å². The normalized spacial score (nSPS) is 32.5. The molecule has 4 bridgehead atoms. The highest BCUT2D eigenvalue weighted by molar-refractivity contribution is 5.97. The van der Waals surface area contributed by atoms with E-state index in [1.54, 1.807) is 0 Å². The van der Waals surface area contributed by atoms with E-state index in [1.807, 2.05) is 0 Å². The Morgan fingerprint density at radius 2 is 1.56 bits per heavy atom. The molecule has 0 aromatic carbocycles. The molecule has 0 radical (unpaired) electrons. The second kappa shape index (κ2) is 10.1. The van der Waals surface area contributed by atoms with Crippen molar-refractivity contribution in [3.05, 3.63) is 0 Å². The van der Waals surface area contributed by atoms with Crippen LogP contribution >= 0.6 is 0 Å². The first-order valence-corrected chi connectivity index (χ1v) is 13.2. The Morgan fingerprint density at radius 1 is 0.969 bits per heavy atom. The van der Waals surface area contributed by atoms with Gasteiger partial charge < -0.3 is 10.6 Å². The summed E-state index contributed by atoms with van der Waals surface area (Å²) in [5.74, 6) is 3.23. The van der Waals surface area contributed by atoms with Gasteiger partial charge in [0.2, 0.25) is 11.8 Å². The van der Waals surface area contributed by atoms with Crippen LogP contribution in [0.3, 0.4) is 0 Å². The minimum atomic E-state index is -0.454. The van der Waals surface area contributed by atoms with Crippen LogP contribution in [0, 0.1) is 40.4 Å². The van der Waals surface area contributed by atoms with Crippen molar-refractivity contribution in [1.82, 2.24) is 16.0 Å². The molecule has 5 rings (SSSR count). The molecule has 1 atom stereocenters. The third kappa shape index (κ3) is 6.05. The average molecular weight is 445 g/mol. The van der Waals surface area contributed by atoms with Crippen LogP contribution in [-0.2, 0) is 9.59 Å². The maximum absolute atomic E-state index is 12.9. The molecule has 4 N–H and O–H groups in total. The number of carbonyl (C=O) groups excluding carboxylic acids is 2. The van der Waals surface area contributed by atoms with E-state index in [1.165, 1.54) is 57.8 Å². The summed E-state index contributed by atoms with van der Waals surface area (Å²) in [6.45, 7) is 4.79. The summed E-state index contributed by atoms with van der Waals surface area (Å²) < 4.78 is 0. The zero-order valence-corrected chi connectivity index (χ0v) is 20.2. The van der Waals surface area contributed by atoms with Crippen LogP contribution in [0.25, 0.3) is 0 Å². The van der Waals surface area contributed by atoms with Crippen molar-refractivity contribution in [3.63, 3.8) is 0 Å². The Morgan fingerprint density at radius 3 is 2.12 bits per heavy atom. The molecule has 0 unspecified atom stereocenters. The summed E-state index contributed by atoms with van der Waals surface area (Å²) in [5.41, 5.74) is 0.162. The molecule has 0 aromatic rings. The van der Waals surface area contributed by atoms with E-state index in [0.717, 1.165) is 37.0 Å². The van der Waals surface area contributed by atoms with E-state index in [4.69, 9.17) is 5.41 Å². The third-order valence-electron chi connectivity index (χ3n) is 8.58. The van der Waals surface area contributed by atoms with Crippen LogP contribution in [-0.4, -0.2) is 30.4 Å². The zero-order chi connectivity index (χ0) is 22.7. The Hall–Kier alpha value is -1.59. The fraction of sp³-hybridized carbons (Fsp3) is 0.885. The van der Waals surface area contributed by atoms with Crippen LogP contribution in [0.1, 0.15) is 97.3 Å². The molecule has 5 aliphatic carbocycles. The van der Waals surface area contributed by atoms with Crippen LogP contribution in [0.2, 0.25) is 0 Å². The molecule has 5 saturated carbocycles. The van der Waals surface area contributed by atoms with Gasteiger partial charge in [0.25, 0.3) is 0 Å². The maximum atomic E-state index is 12.9. The Balaban J connectivity index is 1.30. The van der Waals surface area contributed by atoms with Gasteiger partial charge in [0, 0.05) is 13.0 Å². The van der Waals surface area contributed by atoms with Crippen LogP contribution in [0.5, 0.6) is 0 Å². The van der Waals surface area contributed by atoms with Gasteiger partial charge in [0.05, 0.1) is 0 Å². The monoisotopic (exact) mass is 444 g/mol. The van der Waals surface area contributed by atoms with Crippen LogP contribution in [0.15, 0.2) is 0 Å². The number of carbonyl (C=O) groups is 2. The first-order valence-electron chi connectivity index (χ1n) is 13.2. The second-order valence-corrected chi connectivity index (χ2v) is 12.1. The van der Waals surface area contributed by atoms with Crippen molar-refractivity contribution in [1.29, 1.82) is 5.41 Å². The van der Waals surface area contributed by atoms with Gasteiger partial charge in [-0.25, -0.2) is 0 Å². The van der Waals surface area contributed by atoms with Crippen molar-refractivity contribution < 1.29 is 9.59 Å². The highest BCUT2D eigenvalue weighted by atomic mass is 16.2. The van der Waals surface area contributed by atoms with E-state index in [2.05, 4.69) is 29.8 Å². The van der Waals surface area contributed by atoms with E-state index >= 15 is 0 Å². The summed E-state index contributed by atoms with van der Waals surface area (Å²) in [4.78, 5) is 25.8. The minimum Gasteiger partial charge on any atom is -0.354 e. The molecule has 5 fully saturated rings. The van der Waals surface area contributed by atoms with Crippen molar-refractivity contribution in [3.8, 4) is 0 Å². The summed E-state index contributed by atoms with van der Waals surface area (Å²) in [5, 5.41) is 17.3. The molecule has 0 saturated heterocycles. The van der Waals surface area contributed by atoms with Gasteiger partial charge in [0.15, 0.2) is 5.96 Å². The molecular formula is C26H44N4O2. The van der Waals surface area contributed by atoms with Crippen molar-refractivity contribution in [2.75, 3.05) is 6.54 Å². The molecule has 5 aliphatic rings. The molecule has 32 heavy (non-hydrogen) atoms. The fourth-order valence-corrected chi connectivity index (χ4v) is 7.66. The summed E-state index contributed by atoms with van der Waals surface area (Å²) in [6, 6.07) is -0.454.